The highest BCUT2D eigenvalue weighted by molar-refractivity contribution is 5.55. The molecule has 0 aliphatic heterocycles. The van der Waals surface area contributed by atoms with E-state index in [4.69, 9.17) is 14.2 Å². The van der Waals surface area contributed by atoms with Crippen molar-refractivity contribution < 1.29 is 14.2 Å². The first-order valence-electron chi connectivity index (χ1n) is 6.66. The second-order valence-corrected chi connectivity index (χ2v) is 5.07. The molecule has 1 aromatic rings. The summed E-state index contributed by atoms with van der Waals surface area (Å²) in [6.45, 7) is 0.937. The molecule has 4 heteroatoms. The number of nitrogens with one attached hydrogen (secondary N) is 1. The van der Waals surface area contributed by atoms with Crippen molar-refractivity contribution in [3.8, 4) is 17.2 Å². The fourth-order valence-electron chi connectivity index (χ4n) is 2.99. The third-order valence-electron chi connectivity index (χ3n) is 4.07. The van der Waals surface area contributed by atoms with Gasteiger partial charge in [-0.2, -0.15) is 0 Å². The van der Waals surface area contributed by atoms with Crippen LogP contribution < -0.4 is 19.5 Å². The lowest BCUT2D eigenvalue weighted by molar-refractivity contribution is 0.221. The summed E-state index contributed by atoms with van der Waals surface area (Å²) in [7, 11) is 7.04. The van der Waals surface area contributed by atoms with E-state index in [1.54, 1.807) is 21.3 Å². The summed E-state index contributed by atoms with van der Waals surface area (Å²) in [5, 5.41) is 3.30. The molecule has 0 bridgehead atoms. The van der Waals surface area contributed by atoms with E-state index >= 15 is 0 Å². The summed E-state index contributed by atoms with van der Waals surface area (Å²) >= 11 is 0. The van der Waals surface area contributed by atoms with Crippen LogP contribution in [0.1, 0.15) is 24.8 Å². The number of ether oxygens (including phenoxy) is 3. The topological polar surface area (TPSA) is 39.7 Å². The lowest BCUT2D eigenvalue weighted by atomic mass is 9.63. The van der Waals surface area contributed by atoms with Crippen LogP contribution in [0.4, 0.5) is 0 Å². The predicted octanol–water partition coefficient (Wildman–Crippen LogP) is 2.35. The molecule has 0 unspecified atom stereocenters. The van der Waals surface area contributed by atoms with Crippen LogP contribution in [-0.2, 0) is 5.41 Å². The van der Waals surface area contributed by atoms with Gasteiger partial charge in [-0.15, -0.1) is 0 Å². The van der Waals surface area contributed by atoms with E-state index in [0.29, 0.717) is 0 Å². The van der Waals surface area contributed by atoms with E-state index in [1.807, 2.05) is 19.2 Å². The lowest BCUT2D eigenvalue weighted by Gasteiger charge is -2.43. The van der Waals surface area contributed by atoms with Gasteiger partial charge >= 0.3 is 0 Å². The SMILES string of the molecule is CNCC1(c2c(OC)cc(OC)cc2OC)CCC1. The van der Waals surface area contributed by atoms with Crippen LogP contribution >= 0.6 is 0 Å². The summed E-state index contributed by atoms with van der Waals surface area (Å²) in [5.41, 5.74) is 1.29. The molecule has 1 N–H and O–H groups in total. The van der Waals surface area contributed by atoms with Crippen LogP contribution in [-0.4, -0.2) is 34.9 Å². The fraction of sp³-hybridized carbons (Fsp3) is 0.600. The molecule has 0 aromatic heterocycles. The number of hydrogen-bond donors (Lipinski definition) is 1. The molecule has 1 aliphatic carbocycles. The maximum Gasteiger partial charge on any atom is 0.130 e. The van der Waals surface area contributed by atoms with Crippen molar-refractivity contribution in [2.24, 2.45) is 0 Å². The molecule has 0 amide bonds. The molecule has 4 nitrogen and oxygen atoms in total. The average Bonchev–Trinajstić information content (AvgIpc) is 2.41. The zero-order chi connectivity index (χ0) is 13.9. The molecule has 0 heterocycles. The van der Waals surface area contributed by atoms with Crippen LogP contribution in [0.3, 0.4) is 0 Å². The highest BCUT2D eigenvalue weighted by Crippen LogP contribution is 2.51. The van der Waals surface area contributed by atoms with Crippen molar-refractivity contribution in [2.45, 2.75) is 24.7 Å². The Morgan fingerprint density at radius 1 is 1.05 bits per heavy atom. The molecule has 106 valence electrons. The Bertz CT molecular complexity index is 416. The van der Waals surface area contributed by atoms with E-state index in [9.17, 15) is 0 Å². The first-order chi connectivity index (χ1) is 9.20. The van der Waals surface area contributed by atoms with E-state index < -0.39 is 0 Å². The first kappa shape index (κ1) is 14.0. The molecule has 1 fully saturated rings. The Hall–Kier alpha value is -1.42. The minimum Gasteiger partial charge on any atom is -0.496 e. The van der Waals surface area contributed by atoms with Gasteiger partial charge < -0.3 is 19.5 Å². The fourth-order valence-corrected chi connectivity index (χ4v) is 2.99. The summed E-state index contributed by atoms with van der Waals surface area (Å²) < 4.78 is 16.4. The van der Waals surface area contributed by atoms with Gasteiger partial charge in [-0.05, 0) is 19.9 Å². The predicted molar refractivity (Wildman–Crippen MR) is 75.6 cm³/mol. The molecule has 1 saturated carbocycles. The quantitative estimate of drug-likeness (QED) is 0.857. The Balaban J connectivity index is 2.53. The Labute approximate surface area is 115 Å². The molecule has 1 aliphatic rings. The molecule has 1 aromatic carbocycles. The lowest BCUT2D eigenvalue weighted by Crippen LogP contribution is -2.43. The monoisotopic (exact) mass is 265 g/mol. The third kappa shape index (κ3) is 2.37. The van der Waals surface area contributed by atoms with Crippen molar-refractivity contribution in [2.75, 3.05) is 34.9 Å². The second-order valence-electron chi connectivity index (χ2n) is 5.07. The Morgan fingerprint density at radius 3 is 1.95 bits per heavy atom. The normalized spacial score (nSPS) is 16.6. The Kier molecular flexibility index (Phi) is 4.20. The van der Waals surface area contributed by atoms with Gasteiger partial charge in [0.2, 0.25) is 0 Å². The largest absolute Gasteiger partial charge is 0.496 e. The molecule has 0 saturated heterocycles. The number of likely N-dealkylation sites (N-methyl/N-ethyl adjacent to an activating group) is 1. The van der Waals surface area contributed by atoms with Gasteiger partial charge in [-0.25, -0.2) is 0 Å². The maximum absolute atomic E-state index is 5.57. The smallest absolute Gasteiger partial charge is 0.130 e. The summed E-state index contributed by atoms with van der Waals surface area (Å²) in [6, 6.07) is 3.88. The van der Waals surface area contributed by atoms with Crippen molar-refractivity contribution in [1.29, 1.82) is 0 Å². The molecule has 2 rings (SSSR count). The van der Waals surface area contributed by atoms with Crippen molar-refractivity contribution >= 4 is 0 Å². The zero-order valence-electron chi connectivity index (χ0n) is 12.2. The molecule has 0 spiro atoms. The second kappa shape index (κ2) is 5.70. The summed E-state index contributed by atoms with van der Waals surface area (Å²) in [5.74, 6) is 2.47. The van der Waals surface area contributed by atoms with Crippen LogP contribution in [0, 0.1) is 0 Å². The van der Waals surface area contributed by atoms with Crippen LogP contribution in [0.5, 0.6) is 17.2 Å². The van der Waals surface area contributed by atoms with E-state index in [1.165, 1.54) is 12.0 Å². The van der Waals surface area contributed by atoms with Crippen LogP contribution in [0.2, 0.25) is 0 Å². The van der Waals surface area contributed by atoms with Gasteiger partial charge in [-0.3, -0.25) is 0 Å². The maximum atomic E-state index is 5.57. The average molecular weight is 265 g/mol. The molecular weight excluding hydrogens is 242 g/mol. The molecule has 0 radical (unpaired) electrons. The van der Waals surface area contributed by atoms with Crippen LogP contribution in [0.25, 0.3) is 0 Å². The van der Waals surface area contributed by atoms with Crippen molar-refractivity contribution in [1.82, 2.24) is 5.32 Å². The molecule has 0 atom stereocenters. The van der Waals surface area contributed by atoms with E-state index in [-0.39, 0.29) is 5.41 Å². The molecule has 19 heavy (non-hydrogen) atoms. The minimum absolute atomic E-state index is 0.123. The number of rotatable bonds is 6. The minimum atomic E-state index is 0.123. The van der Waals surface area contributed by atoms with Gasteiger partial charge in [0, 0.05) is 29.7 Å². The third-order valence-corrected chi connectivity index (χ3v) is 4.07. The number of benzene rings is 1. The van der Waals surface area contributed by atoms with E-state index in [0.717, 1.165) is 36.6 Å². The first-order valence-corrected chi connectivity index (χ1v) is 6.66. The van der Waals surface area contributed by atoms with Gasteiger partial charge in [0.25, 0.3) is 0 Å². The molecular formula is C15H23NO3. The number of methoxy groups -OCH3 is 3. The van der Waals surface area contributed by atoms with E-state index in [2.05, 4.69) is 5.32 Å². The van der Waals surface area contributed by atoms with Gasteiger partial charge in [-0.1, -0.05) is 6.42 Å². The van der Waals surface area contributed by atoms with Gasteiger partial charge in [0.05, 0.1) is 21.3 Å². The Morgan fingerprint density at radius 2 is 1.63 bits per heavy atom. The van der Waals surface area contributed by atoms with Crippen LogP contribution in [0.15, 0.2) is 12.1 Å². The summed E-state index contributed by atoms with van der Waals surface area (Å²) in [6.07, 6.45) is 3.57. The summed E-state index contributed by atoms with van der Waals surface area (Å²) in [4.78, 5) is 0. The van der Waals surface area contributed by atoms with Gasteiger partial charge in [0.1, 0.15) is 17.2 Å². The number of hydrogen-bond acceptors (Lipinski definition) is 4. The highest BCUT2D eigenvalue weighted by atomic mass is 16.5. The van der Waals surface area contributed by atoms with Crippen molar-refractivity contribution in [3.63, 3.8) is 0 Å². The van der Waals surface area contributed by atoms with Crippen molar-refractivity contribution in [3.05, 3.63) is 17.7 Å². The standard InChI is InChI=1S/C15H23NO3/c1-16-10-15(6-5-7-15)14-12(18-3)8-11(17-2)9-13(14)19-4/h8-9,16H,5-7,10H2,1-4H3. The zero-order valence-corrected chi connectivity index (χ0v) is 12.2. The van der Waals surface area contributed by atoms with Gasteiger partial charge in [0.15, 0.2) is 0 Å². The highest BCUT2D eigenvalue weighted by Gasteiger charge is 2.42.